The van der Waals surface area contributed by atoms with Crippen LogP contribution in [-0.2, 0) is 11.3 Å². The van der Waals surface area contributed by atoms with Crippen LogP contribution in [0.25, 0.3) is 0 Å². The number of hydrogen-bond acceptors (Lipinski definition) is 5. The van der Waals surface area contributed by atoms with Crippen molar-refractivity contribution in [1.82, 2.24) is 15.5 Å². The van der Waals surface area contributed by atoms with Crippen molar-refractivity contribution in [3.05, 3.63) is 40.5 Å². The Kier molecular flexibility index (Phi) is 4.73. The Morgan fingerprint density at radius 3 is 3.00 bits per heavy atom. The molecule has 2 rings (SSSR count). The third-order valence-electron chi connectivity index (χ3n) is 2.46. The zero-order valence-corrected chi connectivity index (χ0v) is 12.7. The Hall–Kier alpha value is -1.89. The van der Waals surface area contributed by atoms with Crippen LogP contribution in [0.5, 0.6) is 5.75 Å². The molecule has 0 spiro atoms. The van der Waals surface area contributed by atoms with Crippen molar-refractivity contribution in [3.63, 3.8) is 0 Å². The quantitative estimate of drug-likeness (QED) is 0.903. The first-order chi connectivity index (χ1) is 9.54. The van der Waals surface area contributed by atoms with Gasteiger partial charge in [-0.05, 0) is 32.0 Å². The first kappa shape index (κ1) is 14.5. The summed E-state index contributed by atoms with van der Waals surface area (Å²) in [6.45, 7) is 3.58. The second-order valence-electron chi connectivity index (χ2n) is 4.17. The predicted octanol–water partition coefficient (Wildman–Crippen LogP) is 2.22. The van der Waals surface area contributed by atoms with Crippen molar-refractivity contribution in [2.45, 2.75) is 26.5 Å². The van der Waals surface area contributed by atoms with E-state index in [2.05, 4.69) is 31.4 Å². The fourth-order valence-electron chi connectivity index (χ4n) is 1.52. The van der Waals surface area contributed by atoms with Crippen molar-refractivity contribution in [3.8, 4) is 5.75 Å². The molecule has 1 atom stereocenters. The third-order valence-corrected chi connectivity index (χ3v) is 2.95. The van der Waals surface area contributed by atoms with E-state index in [-0.39, 0.29) is 12.5 Å². The van der Waals surface area contributed by atoms with Gasteiger partial charge in [-0.2, -0.15) is 4.98 Å². The number of carbonyl (C=O) groups excluding carboxylic acids is 1. The van der Waals surface area contributed by atoms with Gasteiger partial charge < -0.3 is 14.6 Å². The van der Waals surface area contributed by atoms with Gasteiger partial charge in [0.15, 0.2) is 11.9 Å². The molecule has 20 heavy (non-hydrogen) atoms. The lowest BCUT2D eigenvalue weighted by molar-refractivity contribution is -0.127. The highest BCUT2D eigenvalue weighted by molar-refractivity contribution is 9.10. The maximum atomic E-state index is 11.9. The van der Waals surface area contributed by atoms with E-state index in [0.717, 1.165) is 4.47 Å². The van der Waals surface area contributed by atoms with E-state index in [1.807, 2.05) is 12.1 Å². The Morgan fingerprint density at radius 2 is 2.35 bits per heavy atom. The average Bonchev–Trinajstić information content (AvgIpc) is 2.81. The van der Waals surface area contributed by atoms with Crippen LogP contribution in [0, 0.1) is 6.92 Å². The molecule has 1 amide bonds. The second kappa shape index (κ2) is 6.51. The summed E-state index contributed by atoms with van der Waals surface area (Å²) in [7, 11) is 0. The average molecular weight is 340 g/mol. The molecule has 0 aliphatic carbocycles. The lowest BCUT2D eigenvalue weighted by atomic mass is 10.3. The fraction of sp³-hybridized carbons (Fsp3) is 0.308. The molecule has 6 nitrogen and oxygen atoms in total. The van der Waals surface area contributed by atoms with Crippen LogP contribution in [0.4, 0.5) is 0 Å². The van der Waals surface area contributed by atoms with E-state index >= 15 is 0 Å². The Bertz CT molecular complexity index is 600. The number of rotatable bonds is 5. The summed E-state index contributed by atoms with van der Waals surface area (Å²) >= 11 is 3.34. The standard InChI is InChI=1S/C13H14BrN3O3/c1-8(19-11-5-3-4-10(14)6-11)13(18)15-7-12-16-9(2)17-20-12/h3-6,8H,7H2,1-2H3,(H,15,18). The van der Waals surface area contributed by atoms with E-state index in [1.165, 1.54) is 0 Å². The van der Waals surface area contributed by atoms with Crippen molar-refractivity contribution in [1.29, 1.82) is 0 Å². The van der Waals surface area contributed by atoms with Crippen LogP contribution >= 0.6 is 15.9 Å². The molecular weight excluding hydrogens is 326 g/mol. The SMILES string of the molecule is Cc1noc(CNC(=O)C(C)Oc2cccc(Br)c2)n1. The number of aryl methyl sites for hydroxylation is 1. The molecule has 0 radical (unpaired) electrons. The van der Waals surface area contributed by atoms with Gasteiger partial charge in [-0.3, -0.25) is 4.79 Å². The van der Waals surface area contributed by atoms with Gasteiger partial charge in [0.1, 0.15) is 5.75 Å². The van der Waals surface area contributed by atoms with Gasteiger partial charge in [0, 0.05) is 4.47 Å². The molecule has 2 aromatic rings. The van der Waals surface area contributed by atoms with E-state index < -0.39 is 6.10 Å². The van der Waals surface area contributed by atoms with Crippen LogP contribution in [0.1, 0.15) is 18.6 Å². The number of halogens is 1. The molecule has 1 heterocycles. The van der Waals surface area contributed by atoms with Crippen LogP contribution in [0.15, 0.2) is 33.3 Å². The molecule has 0 saturated carbocycles. The number of nitrogens with one attached hydrogen (secondary N) is 1. The molecule has 0 aliphatic heterocycles. The van der Waals surface area contributed by atoms with Crippen molar-refractivity contribution >= 4 is 21.8 Å². The monoisotopic (exact) mass is 339 g/mol. The summed E-state index contributed by atoms with van der Waals surface area (Å²) in [5, 5.41) is 6.32. The van der Waals surface area contributed by atoms with E-state index in [1.54, 1.807) is 26.0 Å². The van der Waals surface area contributed by atoms with Gasteiger partial charge >= 0.3 is 0 Å². The molecule has 1 aromatic carbocycles. The third kappa shape index (κ3) is 4.06. The first-order valence-electron chi connectivity index (χ1n) is 6.03. The highest BCUT2D eigenvalue weighted by atomic mass is 79.9. The summed E-state index contributed by atoms with van der Waals surface area (Å²) in [6.07, 6.45) is -0.617. The summed E-state index contributed by atoms with van der Waals surface area (Å²) in [4.78, 5) is 15.9. The van der Waals surface area contributed by atoms with Gasteiger partial charge in [0.05, 0.1) is 6.54 Å². The van der Waals surface area contributed by atoms with E-state index in [0.29, 0.717) is 17.5 Å². The molecule has 1 aromatic heterocycles. The number of benzene rings is 1. The minimum atomic E-state index is -0.617. The first-order valence-corrected chi connectivity index (χ1v) is 6.83. The molecular formula is C13H14BrN3O3. The minimum Gasteiger partial charge on any atom is -0.481 e. The van der Waals surface area contributed by atoms with Gasteiger partial charge in [-0.1, -0.05) is 27.2 Å². The van der Waals surface area contributed by atoms with Gasteiger partial charge in [0.25, 0.3) is 5.91 Å². The van der Waals surface area contributed by atoms with Crippen LogP contribution in [0.3, 0.4) is 0 Å². The summed E-state index contributed by atoms with van der Waals surface area (Å²) in [6, 6.07) is 7.31. The predicted molar refractivity (Wildman–Crippen MR) is 75.1 cm³/mol. The summed E-state index contributed by atoms with van der Waals surface area (Å²) in [5.41, 5.74) is 0. The zero-order valence-electron chi connectivity index (χ0n) is 11.1. The smallest absolute Gasteiger partial charge is 0.261 e. The number of hydrogen-bond donors (Lipinski definition) is 1. The Balaban J connectivity index is 1.85. The molecule has 7 heteroatoms. The lowest BCUT2D eigenvalue weighted by Gasteiger charge is -2.14. The molecule has 0 fully saturated rings. The van der Waals surface area contributed by atoms with Crippen molar-refractivity contribution < 1.29 is 14.1 Å². The highest BCUT2D eigenvalue weighted by Gasteiger charge is 2.15. The Labute approximate surface area is 124 Å². The van der Waals surface area contributed by atoms with Crippen molar-refractivity contribution in [2.75, 3.05) is 0 Å². The Morgan fingerprint density at radius 1 is 1.55 bits per heavy atom. The second-order valence-corrected chi connectivity index (χ2v) is 5.09. The van der Waals surface area contributed by atoms with Gasteiger partial charge in [0.2, 0.25) is 5.89 Å². The molecule has 106 valence electrons. The highest BCUT2D eigenvalue weighted by Crippen LogP contribution is 2.18. The van der Waals surface area contributed by atoms with E-state index in [4.69, 9.17) is 9.26 Å². The summed E-state index contributed by atoms with van der Waals surface area (Å²) in [5.74, 6) is 1.27. The fourth-order valence-corrected chi connectivity index (χ4v) is 1.89. The van der Waals surface area contributed by atoms with Crippen LogP contribution in [-0.4, -0.2) is 22.2 Å². The largest absolute Gasteiger partial charge is 0.481 e. The van der Waals surface area contributed by atoms with Crippen LogP contribution in [0.2, 0.25) is 0 Å². The lowest BCUT2D eigenvalue weighted by Crippen LogP contribution is -2.36. The number of ether oxygens (including phenoxy) is 1. The summed E-state index contributed by atoms with van der Waals surface area (Å²) < 4.78 is 11.3. The number of amides is 1. The molecule has 0 bridgehead atoms. The van der Waals surface area contributed by atoms with Crippen LogP contribution < -0.4 is 10.1 Å². The molecule has 1 unspecified atom stereocenters. The normalized spacial score (nSPS) is 11.9. The number of aromatic nitrogens is 2. The number of nitrogens with zero attached hydrogens (tertiary/aromatic N) is 2. The molecule has 0 aliphatic rings. The van der Waals surface area contributed by atoms with E-state index in [9.17, 15) is 4.79 Å². The maximum absolute atomic E-state index is 11.9. The minimum absolute atomic E-state index is 0.186. The topological polar surface area (TPSA) is 77.2 Å². The van der Waals surface area contributed by atoms with Gasteiger partial charge in [-0.15, -0.1) is 0 Å². The molecule has 0 saturated heterocycles. The maximum Gasteiger partial charge on any atom is 0.261 e. The zero-order chi connectivity index (χ0) is 14.5. The van der Waals surface area contributed by atoms with Crippen molar-refractivity contribution in [2.24, 2.45) is 0 Å². The molecule has 1 N–H and O–H groups in total. The van der Waals surface area contributed by atoms with Gasteiger partial charge in [-0.25, -0.2) is 0 Å². The number of carbonyl (C=O) groups is 1.